The highest BCUT2D eigenvalue weighted by atomic mass is 16.5. The van der Waals surface area contributed by atoms with Gasteiger partial charge in [-0.2, -0.15) is 0 Å². The van der Waals surface area contributed by atoms with Crippen LogP contribution in [0.15, 0.2) is 36.4 Å². The van der Waals surface area contributed by atoms with Gasteiger partial charge in [0, 0.05) is 6.42 Å². The number of fused-ring (bicyclic) bond motifs is 1. The van der Waals surface area contributed by atoms with Gasteiger partial charge in [-0.25, -0.2) is 0 Å². The third kappa shape index (κ3) is 3.73. The predicted molar refractivity (Wildman–Crippen MR) is 89.9 cm³/mol. The van der Waals surface area contributed by atoms with Gasteiger partial charge in [0.2, 0.25) is 0 Å². The third-order valence-corrected chi connectivity index (χ3v) is 4.51. The van der Waals surface area contributed by atoms with Crippen molar-refractivity contribution in [2.24, 2.45) is 0 Å². The quantitative estimate of drug-likeness (QED) is 0.874. The molecule has 0 spiro atoms. The van der Waals surface area contributed by atoms with Gasteiger partial charge in [0.1, 0.15) is 12.4 Å². The van der Waals surface area contributed by atoms with Crippen LogP contribution >= 0.6 is 0 Å². The molecule has 0 aliphatic heterocycles. The van der Waals surface area contributed by atoms with Gasteiger partial charge in [-0.1, -0.05) is 30.3 Å². The zero-order valence-electron chi connectivity index (χ0n) is 13.5. The molecule has 0 heterocycles. The first kappa shape index (κ1) is 15.6. The molecule has 0 fully saturated rings. The molecule has 0 atom stereocenters. The molecule has 0 saturated carbocycles. The van der Waals surface area contributed by atoms with Gasteiger partial charge < -0.3 is 9.84 Å². The Hall–Kier alpha value is -2.29. The molecule has 0 radical (unpaired) electrons. The van der Waals surface area contributed by atoms with E-state index in [2.05, 4.69) is 24.3 Å². The number of aliphatic carboxylic acids is 1. The molecule has 23 heavy (non-hydrogen) atoms. The fraction of sp³-hybridized carbons (Fsp3) is 0.350. The average molecular weight is 310 g/mol. The van der Waals surface area contributed by atoms with E-state index >= 15 is 0 Å². The van der Waals surface area contributed by atoms with Gasteiger partial charge in [-0.05, 0) is 66.5 Å². The van der Waals surface area contributed by atoms with Crippen molar-refractivity contribution in [1.82, 2.24) is 0 Å². The molecule has 3 rings (SSSR count). The van der Waals surface area contributed by atoms with E-state index in [1.807, 2.05) is 19.1 Å². The second-order valence-corrected chi connectivity index (χ2v) is 6.19. The third-order valence-electron chi connectivity index (χ3n) is 4.51. The minimum absolute atomic E-state index is 0.173. The minimum Gasteiger partial charge on any atom is -0.489 e. The van der Waals surface area contributed by atoms with E-state index < -0.39 is 5.97 Å². The molecule has 1 aliphatic carbocycles. The lowest BCUT2D eigenvalue weighted by Crippen LogP contribution is -2.02. The Balaban J connectivity index is 1.66. The van der Waals surface area contributed by atoms with Gasteiger partial charge in [0.05, 0.1) is 0 Å². The van der Waals surface area contributed by atoms with Crippen LogP contribution in [0.3, 0.4) is 0 Å². The number of rotatable bonds is 6. The Bertz CT molecular complexity index is 719. The lowest BCUT2D eigenvalue weighted by molar-refractivity contribution is -0.136. The first-order valence-electron chi connectivity index (χ1n) is 8.17. The number of benzene rings is 2. The summed E-state index contributed by atoms with van der Waals surface area (Å²) in [5.41, 5.74) is 6.13. The number of hydrogen-bond donors (Lipinski definition) is 1. The molecular weight excluding hydrogens is 288 g/mol. The topological polar surface area (TPSA) is 46.5 Å². The molecule has 0 saturated heterocycles. The normalized spacial score (nSPS) is 12.9. The Labute approximate surface area is 136 Å². The zero-order chi connectivity index (χ0) is 16.2. The van der Waals surface area contributed by atoms with Gasteiger partial charge >= 0.3 is 5.97 Å². The molecule has 0 unspecified atom stereocenters. The summed E-state index contributed by atoms with van der Waals surface area (Å²) in [6.45, 7) is 2.58. The Kier molecular flexibility index (Phi) is 4.65. The van der Waals surface area contributed by atoms with Crippen LogP contribution in [0.4, 0.5) is 0 Å². The molecule has 3 heteroatoms. The van der Waals surface area contributed by atoms with Crippen molar-refractivity contribution < 1.29 is 14.6 Å². The first-order chi connectivity index (χ1) is 11.1. The van der Waals surface area contributed by atoms with Crippen LogP contribution in [0.5, 0.6) is 5.75 Å². The average Bonchev–Trinajstić information content (AvgIpc) is 3.01. The van der Waals surface area contributed by atoms with Crippen molar-refractivity contribution in [3.05, 3.63) is 64.2 Å². The van der Waals surface area contributed by atoms with Crippen LogP contribution < -0.4 is 4.74 Å². The second kappa shape index (κ2) is 6.86. The van der Waals surface area contributed by atoms with Crippen molar-refractivity contribution in [2.45, 2.75) is 45.6 Å². The Morgan fingerprint density at radius 2 is 2.09 bits per heavy atom. The maximum atomic E-state index is 10.7. The summed E-state index contributed by atoms with van der Waals surface area (Å²) in [6, 6.07) is 12.5. The summed E-state index contributed by atoms with van der Waals surface area (Å²) in [5.74, 6) is 0.252. The van der Waals surface area contributed by atoms with E-state index in [-0.39, 0.29) is 6.42 Å². The fourth-order valence-electron chi connectivity index (χ4n) is 3.25. The molecule has 1 aliphatic rings. The summed E-state index contributed by atoms with van der Waals surface area (Å²) in [4.78, 5) is 10.7. The summed E-state index contributed by atoms with van der Waals surface area (Å²) in [5, 5.41) is 8.79. The van der Waals surface area contributed by atoms with E-state index in [4.69, 9.17) is 9.84 Å². The van der Waals surface area contributed by atoms with E-state index in [9.17, 15) is 4.79 Å². The standard InChI is InChI=1S/C20H22O3/c1-14-12-15(8-9-16(14)10-11-20(21)22)13-23-19-7-3-5-17-4-2-6-18(17)19/h3,5,7-9,12H,2,4,6,10-11,13H2,1H3,(H,21,22). The molecule has 120 valence electrons. The molecule has 2 aromatic rings. The van der Waals surface area contributed by atoms with E-state index in [1.165, 1.54) is 17.5 Å². The SMILES string of the molecule is Cc1cc(COc2cccc3c2CCC3)ccc1CCC(=O)O. The first-order valence-corrected chi connectivity index (χ1v) is 8.17. The number of carbonyl (C=O) groups is 1. The maximum Gasteiger partial charge on any atom is 0.303 e. The van der Waals surface area contributed by atoms with Gasteiger partial charge in [-0.15, -0.1) is 0 Å². The Morgan fingerprint density at radius 1 is 1.22 bits per heavy atom. The van der Waals surface area contributed by atoms with Crippen LogP contribution in [0, 0.1) is 6.92 Å². The lowest BCUT2D eigenvalue weighted by atomic mass is 10.0. The molecule has 0 bridgehead atoms. The monoisotopic (exact) mass is 310 g/mol. The van der Waals surface area contributed by atoms with Crippen LogP contribution in [0.1, 0.15) is 40.7 Å². The molecule has 2 aromatic carbocycles. The van der Waals surface area contributed by atoms with Crippen molar-refractivity contribution in [3.63, 3.8) is 0 Å². The number of carboxylic acid groups (broad SMARTS) is 1. The Morgan fingerprint density at radius 3 is 2.87 bits per heavy atom. The number of hydrogen-bond acceptors (Lipinski definition) is 2. The molecule has 1 N–H and O–H groups in total. The van der Waals surface area contributed by atoms with Crippen molar-refractivity contribution in [1.29, 1.82) is 0 Å². The van der Waals surface area contributed by atoms with Crippen LogP contribution in [0.2, 0.25) is 0 Å². The molecular formula is C20H22O3. The summed E-state index contributed by atoms with van der Waals surface area (Å²) in [6.07, 6.45) is 4.23. The second-order valence-electron chi connectivity index (χ2n) is 6.19. The molecule has 3 nitrogen and oxygen atoms in total. The predicted octanol–water partition coefficient (Wildman–Crippen LogP) is 4.08. The van der Waals surface area contributed by atoms with Crippen LogP contribution in [-0.4, -0.2) is 11.1 Å². The molecule has 0 amide bonds. The largest absolute Gasteiger partial charge is 0.489 e. The van der Waals surface area contributed by atoms with E-state index in [1.54, 1.807) is 0 Å². The minimum atomic E-state index is -0.755. The van der Waals surface area contributed by atoms with Gasteiger partial charge in [0.25, 0.3) is 0 Å². The number of ether oxygens (including phenoxy) is 1. The van der Waals surface area contributed by atoms with Gasteiger partial charge in [0.15, 0.2) is 0 Å². The summed E-state index contributed by atoms with van der Waals surface area (Å²) < 4.78 is 6.03. The van der Waals surface area contributed by atoms with Crippen molar-refractivity contribution >= 4 is 5.97 Å². The highest BCUT2D eigenvalue weighted by Gasteiger charge is 2.15. The fourth-order valence-corrected chi connectivity index (χ4v) is 3.25. The summed E-state index contributed by atoms with van der Waals surface area (Å²) in [7, 11) is 0. The summed E-state index contributed by atoms with van der Waals surface area (Å²) >= 11 is 0. The molecule has 0 aromatic heterocycles. The van der Waals surface area contributed by atoms with Crippen molar-refractivity contribution in [3.8, 4) is 5.75 Å². The van der Waals surface area contributed by atoms with Crippen LogP contribution in [-0.2, 0) is 30.7 Å². The highest BCUT2D eigenvalue weighted by Crippen LogP contribution is 2.31. The highest BCUT2D eigenvalue weighted by molar-refractivity contribution is 5.67. The zero-order valence-corrected chi connectivity index (χ0v) is 13.5. The smallest absolute Gasteiger partial charge is 0.303 e. The maximum absolute atomic E-state index is 10.7. The van der Waals surface area contributed by atoms with E-state index in [0.29, 0.717) is 13.0 Å². The number of carboxylic acids is 1. The number of aryl methyl sites for hydroxylation is 3. The lowest BCUT2D eigenvalue weighted by Gasteiger charge is -2.12. The van der Waals surface area contributed by atoms with Crippen LogP contribution in [0.25, 0.3) is 0 Å². The van der Waals surface area contributed by atoms with Crippen molar-refractivity contribution in [2.75, 3.05) is 0 Å². The van der Waals surface area contributed by atoms with E-state index in [0.717, 1.165) is 35.3 Å². The van der Waals surface area contributed by atoms with Gasteiger partial charge in [-0.3, -0.25) is 4.79 Å².